The Labute approximate surface area is 191 Å². The number of carbonyl (C=O) groups is 2. The van der Waals surface area contributed by atoms with Crippen molar-refractivity contribution in [3.05, 3.63) is 51.7 Å². The first-order valence-electron chi connectivity index (χ1n) is 10.3. The van der Waals surface area contributed by atoms with E-state index in [0.717, 1.165) is 59.7 Å². The zero-order valence-corrected chi connectivity index (χ0v) is 18.5. The second-order valence-corrected chi connectivity index (χ2v) is 8.54. The number of nitriles is 1. The second-order valence-electron chi connectivity index (χ2n) is 7.43. The van der Waals surface area contributed by atoms with Crippen LogP contribution < -0.4 is 10.6 Å². The van der Waals surface area contributed by atoms with Crippen molar-refractivity contribution in [2.45, 2.75) is 50.9 Å². The van der Waals surface area contributed by atoms with Gasteiger partial charge in [0.2, 0.25) is 0 Å². The zero-order chi connectivity index (χ0) is 24.2. The molecule has 6 nitrogen and oxygen atoms in total. The van der Waals surface area contributed by atoms with Gasteiger partial charge in [0, 0.05) is 10.4 Å². The van der Waals surface area contributed by atoms with Crippen LogP contribution in [0.5, 0.6) is 0 Å². The fraction of sp³-hybridized carbons (Fsp3) is 0.409. The quantitative estimate of drug-likeness (QED) is 0.269. The van der Waals surface area contributed by atoms with E-state index in [1.54, 1.807) is 5.32 Å². The topological polar surface area (TPSA) is 91.2 Å². The first-order chi connectivity index (χ1) is 15.6. The lowest BCUT2D eigenvalue weighted by Gasteiger charge is -2.35. The molecule has 2 aromatic rings. The SMILES string of the molecule is CCOC(=O)C(NC(=O)c1ccc(F)cc1)(Nc1sc2c(c1C#N)CCCCC2)C(F)(F)F. The van der Waals surface area contributed by atoms with Crippen molar-refractivity contribution in [2.24, 2.45) is 0 Å². The molecule has 1 aliphatic carbocycles. The monoisotopic (exact) mass is 483 g/mol. The summed E-state index contributed by atoms with van der Waals surface area (Å²) in [5.74, 6) is -3.74. The molecule has 0 bridgehead atoms. The lowest BCUT2D eigenvalue weighted by molar-refractivity contribution is -0.204. The van der Waals surface area contributed by atoms with Crippen LogP contribution in [0.2, 0.25) is 0 Å². The van der Waals surface area contributed by atoms with E-state index in [1.807, 2.05) is 6.07 Å². The minimum absolute atomic E-state index is 0.0193. The molecular formula is C22H21F4N3O3S. The highest BCUT2D eigenvalue weighted by molar-refractivity contribution is 7.16. The summed E-state index contributed by atoms with van der Waals surface area (Å²) in [4.78, 5) is 26.1. The summed E-state index contributed by atoms with van der Waals surface area (Å²) in [5, 5.41) is 13.3. The van der Waals surface area contributed by atoms with E-state index in [4.69, 9.17) is 0 Å². The van der Waals surface area contributed by atoms with Crippen molar-refractivity contribution in [2.75, 3.05) is 11.9 Å². The van der Waals surface area contributed by atoms with E-state index >= 15 is 0 Å². The maximum Gasteiger partial charge on any atom is 0.441 e. The van der Waals surface area contributed by atoms with Gasteiger partial charge in [-0.3, -0.25) is 4.79 Å². The van der Waals surface area contributed by atoms with Crippen molar-refractivity contribution in [3.8, 4) is 6.07 Å². The Morgan fingerprint density at radius 3 is 2.42 bits per heavy atom. The summed E-state index contributed by atoms with van der Waals surface area (Å²) in [6, 6.07) is 5.74. The average Bonchev–Trinajstić information content (AvgIpc) is 2.91. The molecule has 1 atom stereocenters. The number of rotatable bonds is 6. The van der Waals surface area contributed by atoms with E-state index in [0.29, 0.717) is 18.4 Å². The first kappa shape index (κ1) is 24.5. The third kappa shape index (κ3) is 4.95. The average molecular weight is 483 g/mol. The lowest BCUT2D eigenvalue weighted by Crippen LogP contribution is -2.69. The summed E-state index contributed by atoms with van der Waals surface area (Å²) < 4.78 is 61.2. The van der Waals surface area contributed by atoms with Crippen LogP contribution in [0.25, 0.3) is 0 Å². The number of hydrogen-bond acceptors (Lipinski definition) is 6. The minimum Gasteiger partial charge on any atom is -0.463 e. The molecule has 0 aliphatic heterocycles. The van der Waals surface area contributed by atoms with Crippen LogP contribution >= 0.6 is 11.3 Å². The van der Waals surface area contributed by atoms with Crippen molar-refractivity contribution in [3.63, 3.8) is 0 Å². The number of aryl methyl sites for hydroxylation is 1. The van der Waals surface area contributed by atoms with Gasteiger partial charge in [-0.05, 0) is 62.4 Å². The Kier molecular flexibility index (Phi) is 7.27. The number of thiophene rings is 1. The summed E-state index contributed by atoms with van der Waals surface area (Å²) in [7, 11) is 0. The van der Waals surface area contributed by atoms with Gasteiger partial charge in [-0.2, -0.15) is 18.4 Å². The number of esters is 1. The molecule has 1 aromatic carbocycles. The molecule has 0 saturated carbocycles. The van der Waals surface area contributed by atoms with E-state index in [1.165, 1.54) is 6.92 Å². The number of carbonyl (C=O) groups excluding carboxylic acids is 2. The molecular weight excluding hydrogens is 462 g/mol. The molecule has 1 aromatic heterocycles. The lowest BCUT2D eigenvalue weighted by atomic mass is 10.0. The summed E-state index contributed by atoms with van der Waals surface area (Å²) >= 11 is 0.961. The maximum atomic E-state index is 14.4. The molecule has 1 amide bonds. The number of ether oxygens (including phenoxy) is 1. The molecule has 1 unspecified atom stereocenters. The normalized spacial score (nSPS) is 15.4. The van der Waals surface area contributed by atoms with E-state index < -0.39 is 29.5 Å². The summed E-state index contributed by atoms with van der Waals surface area (Å²) in [6.45, 7) is 0.950. The molecule has 0 spiro atoms. The molecule has 0 saturated heterocycles. The van der Waals surface area contributed by atoms with Gasteiger partial charge < -0.3 is 15.4 Å². The van der Waals surface area contributed by atoms with E-state index in [-0.39, 0.29) is 22.7 Å². The van der Waals surface area contributed by atoms with E-state index in [2.05, 4.69) is 10.1 Å². The van der Waals surface area contributed by atoms with Gasteiger partial charge in [-0.25, -0.2) is 9.18 Å². The number of hydrogen-bond donors (Lipinski definition) is 2. The van der Waals surface area contributed by atoms with Gasteiger partial charge in [0.15, 0.2) is 0 Å². The van der Waals surface area contributed by atoms with Gasteiger partial charge in [0.25, 0.3) is 5.91 Å². The zero-order valence-electron chi connectivity index (χ0n) is 17.6. The number of halogens is 4. The standard InChI is InChI=1S/C22H21F4N3O3S/c1-2-32-20(31)21(22(24,25)26,28-18(30)13-8-10-14(23)11-9-13)29-19-16(12-27)15-6-4-3-5-7-17(15)33-19/h8-11,29H,2-7H2,1H3,(H,28,30). The predicted octanol–water partition coefficient (Wildman–Crippen LogP) is 4.69. The molecule has 33 heavy (non-hydrogen) atoms. The molecule has 11 heteroatoms. The fourth-order valence-corrected chi connectivity index (χ4v) is 4.89. The van der Waals surface area contributed by atoms with Crippen LogP contribution in [0, 0.1) is 17.1 Å². The number of nitrogens with zero attached hydrogens (tertiary/aromatic N) is 1. The number of anilines is 1. The largest absolute Gasteiger partial charge is 0.463 e. The van der Waals surface area contributed by atoms with Crippen LogP contribution in [-0.4, -0.2) is 30.3 Å². The summed E-state index contributed by atoms with van der Waals surface area (Å²) in [6.07, 6.45) is -1.63. The number of amides is 1. The van der Waals surface area contributed by atoms with E-state index in [9.17, 15) is 32.4 Å². The molecule has 1 heterocycles. The third-order valence-corrected chi connectivity index (χ3v) is 6.46. The summed E-state index contributed by atoms with van der Waals surface area (Å²) in [5.41, 5.74) is -3.28. The van der Waals surface area contributed by atoms with Gasteiger partial charge in [-0.1, -0.05) is 6.42 Å². The Hall–Kier alpha value is -3.13. The van der Waals surface area contributed by atoms with Gasteiger partial charge in [0.1, 0.15) is 16.9 Å². The molecule has 1 aliphatic rings. The first-order valence-corrected chi connectivity index (χ1v) is 11.1. The van der Waals surface area contributed by atoms with Gasteiger partial charge in [-0.15, -0.1) is 11.3 Å². The van der Waals surface area contributed by atoms with Gasteiger partial charge in [0.05, 0.1) is 12.2 Å². The van der Waals surface area contributed by atoms with Crippen molar-refractivity contribution in [1.82, 2.24) is 5.32 Å². The predicted molar refractivity (Wildman–Crippen MR) is 113 cm³/mol. The highest BCUT2D eigenvalue weighted by Gasteiger charge is 2.64. The highest BCUT2D eigenvalue weighted by atomic mass is 32.1. The third-order valence-electron chi connectivity index (χ3n) is 5.25. The van der Waals surface area contributed by atoms with Crippen LogP contribution in [0.15, 0.2) is 24.3 Å². The Morgan fingerprint density at radius 2 is 1.82 bits per heavy atom. The molecule has 3 rings (SSSR count). The Morgan fingerprint density at radius 1 is 1.15 bits per heavy atom. The number of nitrogens with one attached hydrogen (secondary N) is 2. The van der Waals surface area contributed by atoms with Crippen molar-refractivity contribution < 1.29 is 31.9 Å². The van der Waals surface area contributed by atoms with Crippen LogP contribution in [0.3, 0.4) is 0 Å². The van der Waals surface area contributed by atoms with Crippen LogP contribution in [0.4, 0.5) is 22.6 Å². The molecule has 2 N–H and O–H groups in total. The van der Waals surface area contributed by atoms with Crippen LogP contribution in [0.1, 0.15) is 52.5 Å². The Bertz CT molecular complexity index is 1080. The molecule has 0 fully saturated rings. The van der Waals surface area contributed by atoms with Crippen molar-refractivity contribution >= 4 is 28.2 Å². The number of fused-ring (bicyclic) bond motifs is 1. The highest BCUT2D eigenvalue weighted by Crippen LogP contribution is 2.41. The van der Waals surface area contributed by atoms with Crippen molar-refractivity contribution in [1.29, 1.82) is 5.26 Å². The smallest absolute Gasteiger partial charge is 0.441 e. The maximum absolute atomic E-state index is 14.4. The fourth-order valence-electron chi connectivity index (χ4n) is 3.59. The minimum atomic E-state index is -5.34. The van der Waals surface area contributed by atoms with Gasteiger partial charge >= 0.3 is 17.8 Å². The molecule has 176 valence electrons. The second kappa shape index (κ2) is 9.79. The van der Waals surface area contributed by atoms with Crippen LogP contribution in [-0.2, 0) is 22.4 Å². The molecule has 0 radical (unpaired) electrons. The number of alkyl halides is 3. The number of benzene rings is 1. The Balaban J connectivity index is 2.09.